The lowest BCUT2D eigenvalue weighted by atomic mass is 10.1. The van der Waals surface area contributed by atoms with Crippen LogP contribution in [0.5, 0.6) is 0 Å². The van der Waals surface area contributed by atoms with Crippen molar-refractivity contribution in [1.82, 2.24) is 24.3 Å². The minimum Gasteiger partial charge on any atom is -0.382 e. The first kappa shape index (κ1) is 15.5. The Bertz CT molecular complexity index is 1290. The smallest absolute Gasteiger partial charge is 0.150 e. The van der Waals surface area contributed by atoms with Crippen molar-refractivity contribution in [3.8, 4) is 22.5 Å². The third kappa shape index (κ3) is 2.50. The first-order chi connectivity index (χ1) is 13.2. The molecule has 2 aromatic carbocycles. The Hall–Kier alpha value is -3.80. The molecule has 0 saturated carbocycles. The SMILES string of the molecule is Cc1nc(-c2ccc3ncc(-c4ccccc4)nc3c2)c2c(N)nccn12. The molecule has 0 atom stereocenters. The van der Waals surface area contributed by atoms with Gasteiger partial charge in [-0.2, -0.15) is 0 Å². The highest BCUT2D eigenvalue weighted by Crippen LogP contribution is 2.30. The highest BCUT2D eigenvalue weighted by Gasteiger charge is 2.14. The predicted molar refractivity (Wildman–Crippen MR) is 106 cm³/mol. The van der Waals surface area contributed by atoms with Crippen LogP contribution in [0.2, 0.25) is 0 Å². The molecule has 27 heavy (non-hydrogen) atoms. The number of anilines is 1. The van der Waals surface area contributed by atoms with Crippen LogP contribution >= 0.6 is 0 Å². The summed E-state index contributed by atoms with van der Waals surface area (Å²) in [4.78, 5) is 18.3. The fourth-order valence-electron chi connectivity index (χ4n) is 3.32. The molecular formula is C21H16N6. The van der Waals surface area contributed by atoms with Gasteiger partial charge in [-0.1, -0.05) is 36.4 Å². The van der Waals surface area contributed by atoms with Gasteiger partial charge >= 0.3 is 0 Å². The van der Waals surface area contributed by atoms with Crippen LogP contribution in [0.25, 0.3) is 39.1 Å². The Morgan fingerprint density at radius 3 is 2.59 bits per heavy atom. The number of rotatable bonds is 2. The number of nitrogen functional groups attached to an aromatic ring is 1. The Morgan fingerprint density at radius 2 is 1.74 bits per heavy atom. The molecule has 5 aromatic rings. The average Bonchev–Trinajstić information content (AvgIpc) is 3.06. The van der Waals surface area contributed by atoms with Crippen molar-refractivity contribution in [1.29, 1.82) is 0 Å². The van der Waals surface area contributed by atoms with Crippen LogP contribution < -0.4 is 5.73 Å². The molecule has 0 bridgehead atoms. The molecule has 0 unspecified atom stereocenters. The van der Waals surface area contributed by atoms with Gasteiger partial charge in [0.05, 0.1) is 22.9 Å². The zero-order valence-electron chi connectivity index (χ0n) is 14.7. The van der Waals surface area contributed by atoms with Gasteiger partial charge in [-0.25, -0.2) is 15.0 Å². The monoisotopic (exact) mass is 352 g/mol. The van der Waals surface area contributed by atoms with Crippen LogP contribution in [0.4, 0.5) is 5.82 Å². The number of nitrogens with two attached hydrogens (primary N) is 1. The van der Waals surface area contributed by atoms with Crippen molar-refractivity contribution in [3.63, 3.8) is 0 Å². The lowest BCUT2D eigenvalue weighted by Gasteiger charge is -2.05. The summed E-state index contributed by atoms with van der Waals surface area (Å²) in [6.07, 6.45) is 5.35. The number of aryl methyl sites for hydroxylation is 1. The topological polar surface area (TPSA) is 82.0 Å². The van der Waals surface area contributed by atoms with E-state index in [1.165, 1.54) is 0 Å². The lowest BCUT2D eigenvalue weighted by Crippen LogP contribution is -1.96. The molecule has 0 amide bonds. The van der Waals surface area contributed by atoms with Crippen molar-refractivity contribution in [2.75, 3.05) is 5.73 Å². The summed E-state index contributed by atoms with van der Waals surface area (Å²) in [5.74, 6) is 1.32. The highest BCUT2D eigenvalue weighted by atomic mass is 15.1. The quantitative estimate of drug-likeness (QED) is 0.521. The third-order valence-corrected chi connectivity index (χ3v) is 4.64. The average molecular weight is 352 g/mol. The van der Waals surface area contributed by atoms with E-state index < -0.39 is 0 Å². The summed E-state index contributed by atoms with van der Waals surface area (Å²) < 4.78 is 1.95. The van der Waals surface area contributed by atoms with Crippen molar-refractivity contribution >= 4 is 22.4 Å². The van der Waals surface area contributed by atoms with E-state index in [0.717, 1.165) is 44.9 Å². The van der Waals surface area contributed by atoms with Gasteiger partial charge < -0.3 is 5.73 Å². The number of aromatic nitrogens is 5. The van der Waals surface area contributed by atoms with E-state index in [1.54, 1.807) is 12.4 Å². The number of hydrogen-bond acceptors (Lipinski definition) is 5. The van der Waals surface area contributed by atoms with Gasteiger partial charge in [0.25, 0.3) is 0 Å². The minimum absolute atomic E-state index is 0.456. The fraction of sp³-hybridized carbons (Fsp3) is 0.0476. The Labute approximate surface area is 155 Å². The maximum atomic E-state index is 6.12. The van der Waals surface area contributed by atoms with Crippen LogP contribution in [0.15, 0.2) is 67.1 Å². The molecule has 0 aliphatic heterocycles. The maximum Gasteiger partial charge on any atom is 0.150 e. The minimum atomic E-state index is 0.456. The van der Waals surface area contributed by atoms with E-state index in [2.05, 4.69) is 9.97 Å². The lowest BCUT2D eigenvalue weighted by molar-refractivity contribution is 1.03. The standard InChI is InChI=1S/C21H16N6/c1-13-25-19(20-21(22)23-9-10-27(13)20)15-7-8-16-17(11-15)26-18(12-24-16)14-5-3-2-4-6-14/h2-12H,1H3,(H2,22,23). The Balaban J connectivity index is 1.71. The number of hydrogen-bond donors (Lipinski definition) is 1. The van der Waals surface area contributed by atoms with Crippen LogP contribution in [0.1, 0.15) is 5.82 Å². The summed E-state index contributed by atoms with van der Waals surface area (Å²) >= 11 is 0. The number of imidazole rings is 1. The Morgan fingerprint density at radius 1 is 0.889 bits per heavy atom. The molecule has 6 heteroatoms. The van der Waals surface area contributed by atoms with E-state index in [9.17, 15) is 0 Å². The Kier molecular flexibility index (Phi) is 3.36. The largest absolute Gasteiger partial charge is 0.382 e. The molecule has 6 nitrogen and oxygen atoms in total. The van der Waals surface area contributed by atoms with E-state index in [0.29, 0.717) is 5.82 Å². The van der Waals surface area contributed by atoms with E-state index in [1.807, 2.05) is 66.1 Å². The number of fused-ring (bicyclic) bond motifs is 2. The second-order valence-corrected chi connectivity index (χ2v) is 6.36. The second-order valence-electron chi connectivity index (χ2n) is 6.36. The fourth-order valence-corrected chi connectivity index (χ4v) is 3.32. The summed E-state index contributed by atoms with van der Waals surface area (Å²) in [6.45, 7) is 1.95. The van der Waals surface area contributed by atoms with Gasteiger partial charge in [0.2, 0.25) is 0 Å². The maximum absolute atomic E-state index is 6.12. The van der Waals surface area contributed by atoms with Crippen LogP contribution in [-0.4, -0.2) is 24.3 Å². The van der Waals surface area contributed by atoms with E-state index in [-0.39, 0.29) is 0 Å². The summed E-state index contributed by atoms with van der Waals surface area (Å²) in [6, 6.07) is 16.0. The van der Waals surface area contributed by atoms with Crippen molar-refractivity contribution in [2.45, 2.75) is 6.92 Å². The first-order valence-electron chi connectivity index (χ1n) is 8.62. The molecule has 3 aromatic heterocycles. The van der Waals surface area contributed by atoms with Crippen molar-refractivity contribution in [2.24, 2.45) is 0 Å². The molecule has 0 aliphatic carbocycles. The van der Waals surface area contributed by atoms with Crippen LogP contribution in [0, 0.1) is 6.92 Å². The molecule has 3 heterocycles. The molecule has 0 aliphatic rings. The van der Waals surface area contributed by atoms with E-state index in [4.69, 9.17) is 15.7 Å². The van der Waals surface area contributed by atoms with Crippen LogP contribution in [0.3, 0.4) is 0 Å². The first-order valence-corrected chi connectivity index (χ1v) is 8.62. The van der Waals surface area contributed by atoms with Crippen molar-refractivity contribution in [3.05, 3.63) is 72.9 Å². The molecule has 0 fully saturated rings. The molecular weight excluding hydrogens is 336 g/mol. The van der Waals surface area contributed by atoms with Gasteiger partial charge in [0.1, 0.15) is 22.9 Å². The summed E-state index contributed by atoms with van der Waals surface area (Å²) in [5.41, 5.74) is 12.2. The van der Waals surface area contributed by atoms with Gasteiger partial charge in [-0.3, -0.25) is 9.38 Å². The number of nitrogens with zero attached hydrogens (tertiary/aromatic N) is 5. The normalized spacial score (nSPS) is 11.3. The van der Waals surface area contributed by atoms with Gasteiger partial charge in [0.15, 0.2) is 0 Å². The molecule has 0 saturated heterocycles. The molecule has 0 radical (unpaired) electrons. The molecule has 130 valence electrons. The predicted octanol–water partition coefficient (Wildman–Crippen LogP) is 3.90. The summed E-state index contributed by atoms with van der Waals surface area (Å²) in [7, 11) is 0. The second kappa shape index (κ2) is 5.88. The highest BCUT2D eigenvalue weighted by molar-refractivity contribution is 5.89. The number of benzene rings is 2. The van der Waals surface area contributed by atoms with Gasteiger partial charge in [-0.15, -0.1) is 0 Å². The van der Waals surface area contributed by atoms with Gasteiger partial charge in [0, 0.05) is 23.5 Å². The molecule has 0 spiro atoms. The zero-order chi connectivity index (χ0) is 18.4. The van der Waals surface area contributed by atoms with Gasteiger partial charge in [-0.05, 0) is 19.1 Å². The van der Waals surface area contributed by atoms with Crippen LogP contribution in [-0.2, 0) is 0 Å². The molecule has 2 N–H and O–H groups in total. The zero-order valence-corrected chi connectivity index (χ0v) is 14.7. The third-order valence-electron chi connectivity index (χ3n) is 4.64. The molecule has 5 rings (SSSR count). The van der Waals surface area contributed by atoms with E-state index >= 15 is 0 Å². The van der Waals surface area contributed by atoms with Crippen molar-refractivity contribution < 1.29 is 0 Å². The summed E-state index contributed by atoms with van der Waals surface area (Å²) in [5, 5.41) is 0.